The monoisotopic (exact) mass is 218 g/mol. The Bertz CT molecular complexity index is 461. The van der Waals surface area contributed by atoms with E-state index in [4.69, 9.17) is 5.73 Å². The van der Waals surface area contributed by atoms with Gasteiger partial charge in [0.15, 0.2) is 0 Å². The van der Waals surface area contributed by atoms with Crippen LogP contribution in [0.4, 0.5) is 5.95 Å². The fourth-order valence-corrected chi connectivity index (χ4v) is 1.80. The number of rotatable bonds is 5. The van der Waals surface area contributed by atoms with Gasteiger partial charge in [0.25, 0.3) is 0 Å². The summed E-state index contributed by atoms with van der Waals surface area (Å²) in [6.07, 6.45) is 1.09. The van der Waals surface area contributed by atoms with Crippen molar-refractivity contribution in [1.82, 2.24) is 9.55 Å². The molecule has 0 saturated heterocycles. The topological polar surface area (TPSA) is 55.9 Å². The zero-order valence-corrected chi connectivity index (χ0v) is 9.61. The number of aromatic nitrogens is 2. The van der Waals surface area contributed by atoms with E-state index < -0.39 is 0 Å². The first kappa shape index (κ1) is 11.0. The molecule has 0 fully saturated rings. The maximum absolute atomic E-state index is 5.63. The van der Waals surface area contributed by atoms with Crippen LogP contribution in [0.25, 0.3) is 11.0 Å². The van der Waals surface area contributed by atoms with Crippen LogP contribution in [0.3, 0.4) is 0 Å². The molecule has 0 unspecified atom stereocenters. The molecule has 0 aliphatic rings. The Kier molecular flexibility index (Phi) is 3.41. The van der Waals surface area contributed by atoms with Crippen LogP contribution in [0.1, 0.15) is 13.3 Å². The van der Waals surface area contributed by atoms with E-state index in [1.807, 2.05) is 18.2 Å². The van der Waals surface area contributed by atoms with Gasteiger partial charge in [-0.3, -0.25) is 0 Å². The molecule has 4 nitrogen and oxygen atoms in total. The fourth-order valence-electron chi connectivity index (χ4n) is 1.80. The van der Waals surface area contributed by atoms with Crippen molar-refractivity contribution in [1.29, 1.82) is 0 Å². The molecule has 0 atom stereocenters. The van der Waals surface area contributed by atoms with Gasteiger partial charge in [-0.15, -0.1) is 0 Å². The number of hydrogen-bond donors (Lipinski definition) is 2. The van der Waals surface area contributed by atoms with Gasteiger partial charge in [0, 0.05) is 19.6 Å². The average Bonchev–Trinajstić information content (AvgIpc) is 2.66. The van der Waals surface area contributed by atoms with Crippen molar-refractivity contribution >= 4 is 17.0 Å². The first-order valence-corrected chi connectivity index (χ1v) is 5.76. The van der Waals surface area contributed by atoms with Crippen LogP contribution in [-0.4, -0.2) is 22.6 Å². The molecule has 0 radical (unpaired) electrons. The summed E-state index contributed by atoms with van der Waals surface area (Å²) in [6, 6.07) is 8.14. The maximum atomic E-state index is 5.63. The molecule has 0 aliphatic heterocycles. The van der Waals surface area contributed by atoms with Crippen LogP contribution in [0.15, 0.2) is 24.3 Å². The normalized spacial score (nSPS) is 10.9. The largest absolute Gasteiger partial charge is 0.356 e. The lowest BCUT2D eigenvalue weighted by molar-refractivity contribution is 0.729. The van der Waals surface area contributed by atoms with E-state index in [0.717, 1.165) is 36.5 Å². The second-order valence-electron chi connectivity index (χ2n) is 3.79. The lowest BCUT2D eigenvalue weighted by Crippen LogP contribution is -2.13. The molecule has 1 heterocycles. The molecule has 2 rings (SSSR count). The molecule has 0 amide bonds. The van der Waals surface area contributed by atoms with Crippen molar-refractivity contribution in [2.24, 2.45) is 5.73 Å². The zero-order valence-electron chi connectivity index (χ0n) is 9.61. The minimum absolute atomic E-state index is 0.626. The van der Waals surface area contributed by atoms with Crippen molar-refractivity contribution in [3.63, 3.8) is 0 Å². The minimum atomic E-state index is 0.626. The Morgan fingerprint density at radius 2 is 2.19 bits per heavy atom. The van der Waals surface area contributed by atoms with E-state index in [0.29, 0.717) is 6.54 Å². The quantitative estimate of drug-likeness (QED) is 0.804. The summed E-state index contributed by atoms with van der Waals surface area (Å²) >= 11 is 0. The van der Waals surface area contributed by atoms with Crippen molar-refractivity contribution < 1.29 is 0 Å². The number of para-hydroxylation sites is 2. The number of nitrogens with zero attached hydrogens (tertiary/aromatic N) is 2. The molecular formula is C12H18N4. The predicted molar refractivity (Wildman–Crippen MR) is 67.6 cm³/mol. The number of nitrogens with one attached hydrogen (secondary N) is 1. The summed E-state index contributed by atoms with van der Waals surface area (Å²) in [6.45, 7) is 4.50. The number of benzene rings is 1. The summed E-state index contributed by atoms with van der Waals surface area (Å²) < 4.78 is 2.14. The molecule has 0 aliphatic carbocycles. The number of nitrogens with two attached hydrogens (primary N) is 1. The number of anilines is 1. The van der Waals surface area contributed by atoms with Gasteiger partial charge in [0.2, 0.25) is 5.95 Å². The van der Waals surface area contributed by atoms with Gasteiger partial charge in [-0.05, 0) is 18.6 Å². The van der Waals surface area contributed by atoms with E-state index in [1.54, 1.807) is 0 Å². The number of fused-ring (bicyclic) bond motifs is 1. The van der Waals surface area contributed by atoms with Gasteiger partial charge in [0.1, 0.15) is 0 Å². The van der Waals surface area contributed by atoms with E-state index in [-0.39, 0.29) is 0 Å². The second-order valence-corrected chi connectivity index (χ2v) is 3.79. The van der Waals surface area contributed by atoms with Crippen molar-refractivity contribution in [2.45, 2.75) is 19.9 Å². The van der Waals surface area contributed by atoms with Crippen LogP contribution in [0.2, 0.25) is 0 Å². The first-order valence-electron chi connectivity index (χ1n) is 5.76. The summed E-state index contributed by atoms with van der Waals surface area (Å²) in [5.74, 6) is 0.925. The molecule has 16 heavy (non-hydrogen) atoms. The van der Waals surface area contributed by atoms with Crippen LogP contribution >= 0.6 is 0 Å². The molecule has 0 saturated carbocycles. The molecule has 1 aromatic carbocycles. The smallest absolute Gasteiger partial charge is 0.203 e. The molecular weight excluding hydrogens is 200 g/mol. The van der Waals surface area contributed by atoms with E-state index in [9.17, 15) is 0 Å². The van der Waals surface area contributed by atoms with Crippen LogP contribution in [0, 0.1) is 0 Å². The van der Waals surface area contributed by atoms with Gasteiger partial charge >= 0.3 is 0 Å². The third-order valence-corrected chi connectivity index (χ3v) is 2.54. The van der Waals surface area contributed by atoms with Crippen LogP contribution < -0.4 is 11.1 Å². The molecule has 4 heteroatoms. The Morgan fingerprint density at radius 1 is 1.38 bits per heavy atom. The van der Waals surface area contributed by atoms with E-state index >= 15 is 0 Å². The van der Waals surface area contributed by atoms with Crippen molar-refractivity contribution in [3.8, 4) is 0 Å². The van der Waals surface area contributed by atoms with E-state index in [2.05, 4.69) is 27.9 Å². The van der Waals surface area contributed by atoms with Crippen LogP contribution in [0.5, 0.6) is 0 Å². The number of imidazole rings is 1. The predicted octanol–water partition coefficient (Wildman–Crippen LogP) is 1.82. The van der Waals surface area contributed by atoms with Crippen molar-refractivity contribution in [2.75, 3.05) is 18.4 Å². The van der Waals surface area contributed by atoms with Crippen LogP contribution in [-0.2, 0) is 6.54 Å². The summed E-state index contributed by atoms with van der Waals surface area (Å²) in [5, 5.41) is 3.33. The first-order chi connectivity index (χ1) is 7.86. The highest BCUT2D eigenvalue weighted by atomic mass is 15.2. The van der Waals surface area contributed by atoms with E-state index in [1.165, 1.54) is 0 Å². The molecule has 0 spiro atoms. The summed E-state index contributed by atoms with van der Waals surface area (Å²) in [5.41, 5.74) is 7.80. The lowest BCUT2D eigenvalue weighted by Gasteiger charge is -2.08. The summed E-state index contributed by atoms with van der Waals surface area (Å²) in [4.78, 5) is 4.57. The summed E-state index contributed by atoms with van der Waals surface area (Å²) in [7, 11) is 0. The van der Waals surface area contributed by atoms with Gasteiger partial charge in [-0.2, -0.15) is 0 Å². The fraction of sp³-hybridized carbons (Fsp3) is 0.417. The third-order valence-electron chi connectivity index (χ3n) is 2.54. The highest BCUT2D eigenvalue weighted by Crippen LogP contribution is 2.18. The Labute approximate surface area is 95.5 Å². The average molecular weight is 218 g/mol. The molecule has 0 bridgehead atoms. The Morgan fingerprint density at radius 3 is 2.94 bits per heavy atom. The lowest BCUT2D eigenvalue weighted by atomic mass is 10.3. The zero-order chi connectivity index (χ0) is 11.4. The maximum Gasteiger partial charge on any atom is 0.203 e. The molecule has 3 N–H and O–H groups in total. The molecule has 1 aromatic heterocycles. The molecule has 86 valence electrons. The SMILES string of the molecule is CCCNc1nc2ccccc2n1CCN. The van der Waals surface area contributed by atoms with Gasteiger partial charge in [0.05, 0.1) is 11.0 Å². The Balaban J connectivity index is 2.41. The standard InChI is InChI=1S/C12H18N4/c1-2-8-14-12-15-10-5-3-4-6-11(10)16(12)9-7-13/h3-6H,2,7-9,13H2,1H3,(H,14,15). The van der Waals surface area contributed by atoms with Crippen molar-refractivity contribution in [3.05, 3.63) is 24.3 Å². The van der Waals surface area contributed by atoms with Gasteiger partial charge in [-0.1, -0.05) is 19.1 Å². The third kappa shape index (κ3) is 2.02. The minimum Gasteiger partial charge on any atom is -0.356 e. The highest BCUT2D eigenvalue weighted by Gasteiger charge is 2.08. The highest BCUT2D eigenvalue weighted by molar-refractivity contribution is 5.78. The Hall–Kier alpha value is -1.55. The molecule has 2 aromatic rings. The number of hydrogen-bond acceptors (Lipinski definition) is 3. The van der Waals surface area contributed by atoms with Gasteiger partial charge in [-0.25, -0.2) is 4.98 Å². The second kappa shape index (κ2) is 4.99. The van der Waals surface area contributed by atoms with Gasteiger partial charge < -0.3 is 15.6 Å².